The Balaban J connectivity index is 1.40. The Morgan fingerprint density at radius 2 is 1.59 bits per heavy atom. The van der Waals surface area contributed by atoms with E-state index in [-0.39, 0.29) is 17.6 Å². The third-order valence-electron chi connectivity index (χ3n) is 6.06. The van der Waals surface area contributed by atoms with Gasteiger partial charge in [0.15, 0.2) is 0 Å². The Hall–Kier alpha value is -1.51. The van der Waals surface area contributed by atoms with E-state index in [0.29, 0.717) is 0 Å². The zero-order valence-electron chi connectivity index (χ0n) is 13.3. The molecule has 0 aliphatic heterocycles. The minimum absolute atomic E-state index is 0.0123. The highest BCUT2D eigenvalue weighted by Gasteiger charge is 2.51. The molecule has 0 aromatic heterocycles. The lowest BCUT2D eigenvalue weighted by Crippen LogP contribution is -2.61. The number of nitrogens with one attached hydrogen (secondary N) is 2. The van der Waals surface area contributed by atoms with Crippen LogP contribution in [0.1, 0.15) is 57.1 Å². The smallest absolute Gasteiger partial charge is 0.315 e. The van der Waals surface area contributed by atoms with Gasteiger partial charge in [-0.05, 0) is 68.8 Å². The number of carbonyl (C=O) groups excluding carboxylic acids is 1. The lowest BCUT2D eigenvalue weighted by Gasteiger charge is -2.56. The zero-order valence-corrected chi connectivity index (χ0v) is 13.3. The van der Waals surface area contributed by atoms with Crippen molar-refractivity contribution in [2.75, 3.05) is 0 Å². The van der Waals surface area contributed by atoms with E-state index in [4.69, 9.17) is 0 Å². The van der Waals surface area contributed by atoms with Gasteiger partial charge in [-0.25, -0.2) is 4.79 Å². The normalized spacial score (nSPS) is 36.9. The van der Waals surface area contributed by atoms with E-state index in [2.05, 4.69) is 29.7 Å². The van der Waals surface area contributed by atoms with Crippen molar-refractivity contribution in [3.8, 4) is 0 Å². The first-order valence-electron chi connectivity index (χ1n) is 8.75. The monoisotopic (exact) mass is 298 g/mol. The van der Waals surface area contributed by atoms with E-state index in [1.165, 1.54) is 38.5 Å². The van der Waals surface area contributed by atoms with E-state index in [1.807, 2.05) is 18.2 Å². The van der Waals surface area contributed by atoms with Crippen LogP contribution in [-0.4, -0.2) is 11.6 Å². The van der Waals surface area contributed by atoms with Crippen molar-refractivity contribution in [3.63, 3.8) is 0 Å². The van der Waals surface area contributed by atoms with Crippen LogP contribution in [-0.2, 0) is 0 Å². The molecule has 1 atom stereocenters. The number of urea groups is 1. The molecule has 4 aliphatic carbocycles. The van der Waals surface area contributed by atoms with Gasteiger partial charge in [0.25, 0.3) is 0 Å². The first kappa shape index (κ1) is 14.1. The van der Waals surface area contributed by atoms with E-state index in [0.717, 1.165) is 23.3 Å². The van der Waals surface area contributed by atoms with Crippen LogP contribution in [0.2, 0.25) is 0 Å². The Kier molecular flexibility index (Phi) is 3.39. The summed E-state index contributed by atoms with van der Waals surface area (Å²) in [6.45, 7) is 2.05. The minimum Gasteiger partial charge on any atom is -0.333 e. The molecule has 3 heteroatoms. The lowest BCUT2D eigenvalue weighted by molar-refractivity contribution is -0.0136. The highest BCUT2D eigenvalue weighted by atomic mass is 16.2. The van der Waals surface area contributed by atoms with Crippen LogP contribution in [0.5, 0.6) is 0 Å². The van der Waals surface area contributed by atoms with Crippen molar-refractivity contribution in [2.45, 2.75) is 57.0 Å². The van der Waals surface area contributed by atoms with Crippen molar-refractivity contribution < 1.29 is 4.79 Å². The molecule has 22 heavy (non-hydrogen) atoms. The Bertz CT molecular complexity index is 519. The molecule has 4 aliphatic rings. The van der Waals surface area contributed by atoms with Gasteiger partial charge in [0.2, 0.25) is 0 Å². The second-order valence-electron chi connectivity index (χ2n) is 7.93. The average molecular weight is 298 g/mol. The zero-order chi connectivity index (χ0) is 15.2. The van der Waals surface area contributed by atoms with E-state index < -0.39 is 0 Å². The molecule has 5 rings (SSSR count). The molecule has 4 fully saturated rings. The quantitative estimate of drug-likeness (QED) is 0.869. The van der Waals surface area contributed by atoms with E-state index in [1.54, 1.807) is 0 Å². The summed E-state index contributed by atoms with van der Waals surface area (Å²) in [5.41, 5.74) is 1.25. The maximum atomic E-state index is 12.5. The van der Waals surface area contributed by atoms with Crippen molar-refractivity contribution in [1.82, 2.24) is 10.6 Å². The molecule has 0 heterocycles. The van der Waals surface area contributed by atoms with Crippen LogP contribution >= 0.6 is 0 Å². The lowest BCUT2D eigenvalue weighted by atomic mass is 9.53. The van der Waals surface area contributed by atoms with Gasteiger partial charge < -0.3 is 10.6 Å². The highest BCUT2D eigenvalue weighted by molar-refractivity contribution is 5.75. The van der Waals surface area contributed by atoms with Crippen molar-refractivity contribution in [1.29, 1.82) is 0 Å². The molecule has 1 aromatic carbocycles. The van der Waals surface area contributed by atoms with Crippen molar-refractivity contribution in [2.24, 2.45) is 17.8 Å². The van der Waals surface area contributed by atoms with Crippen LogP contribution in [0, 0.1) is 17.8 Å². The molecule has 2 N–H and O–H groups in total. The van der Waals surface area contributed by atoms with Crippen molar-refractivity contribution >= 4 is 6.03 Å². The molecule has 0 unspecified atom stereocenters. The fraction of sp³-hybridized carbons (Fsp3) is 0.632. The standard InChI is InChI=1S/C19H26N2O/c1-13(17-5-3-2-4-6-17)20-18(22)21-19-10-14-7-15(11-19)9-16(8-14)12-19/h2-6,13-16H,7-12H2,1H3,(H2,20,21,22)/t13-,14?,15?,16?,19?/m1/s1. The predicted molar refractivity (Wildman–Crippen MR) is 87.4 cm³/mol. The number of hydrogen-bond donors (Lipinski definition) is 2. The highest BCUT2D eigenvalue weighted by Crippen LogP contribution is 2.55. The first-order chi connectivity index (χ1) is 10.6. The summed E-state index contributed by atoms with van der Waals surface area (Å²) in [6, 6.07) is 10.2. The number of rotatable bonds is 3. The largest absolute Gasteiger partial charge is 0.333 e. The Morgan fingerprint density at radius 1 is 1.05 bits per heavy atom. The van der Waals surface area contributed by atoms with Gasteiger partial charge in [0, 0.05) is 5.54 Å². The van der Waals surface area contributed by atoms with E-state index in [9.17, 15) is 4.79 Å². The Morgan fingerprint density at radius 3 is 2.14 bits per heavy atom. The van der Waals surface area contributed by atoms with Crippen LogP contribution < -0.4 is 10.6 Å². The molecule has 118 valence electrons. The van der Waals surface area contributed by atoms with Gasteiger partial charge in [0.05, 0.1) is 6.04 Å². The molecule has 2 amide bonds. The molecular formula is C19H26N2O. The molecular weight excluding hydrogens is 272 g/mol. The van der Waals surface area contributed by atoms with Crippen molar-refractivity contribution in [3.05, 3.63) is 35.9 Å². The third-order valence-corrected chi connectivity index (χ3v) is 6.06. The number of benzene rings is 1. The van der Waals surface area contributed by atoms with Gasteiger partial charge in [-0.1, -0.05) is 30.3 Å². The number of amides is 2. The molecule has 1 aromatic rings. The average Bonchev–Trinajstić information content (AvgIpc) is 2.45. The molecule has 4 saturated carbocycles. The maximum Gasteiger partial charge on any atom is 0.315 e. The summed E-state index contributed by atoms with van der Waals surface area (Å²) in [6.07, 6.45) is 7.82. The second-order valence-corrected chi connectivity index (χ2v) is 7.93. The van der Waals surface area contributed by atoms with Gasteiger partial charge >= 0.3 is 6.03 Å². The molecule has 0 saturated heterocycles. The Labute approximate surface area is 132 Å². The minimum atomic E-state index is 0.0123. The second kappa shape index (κ2) is 5.29. The molecule has 0 spiro atoms. The van der Waals surface area contributed by atoms with E-state index >= 15 is 0 Å². The summed E-state index contributed by atoms with van der Waals surface area (Å²) >= 11 is 0. The number of carbonyl (C=O) groups is 1. The van der Waals surface area contributed by atoms with Gasteiger partial charge in [-0.15, -0.1) is 0 Å². The molecule has 0 radical (unpaired) electrons. The first-order valence-corrected chi connectivity index (χ1v) is 8.75. The van der Waals surface area contributed by atoms with Crippen LogP contribution in [0.15, 0.2) is 30.3 Å². The topological polar surface area (TPSA) is 41.1 Å². The fourth-order valence-corrected chi connectivity index (χ4v) is 5.56. The molecule has 4 bridgehead atoms. The summed E-state index contributed by atoms with van der Waals surface area (Å²) in [7, 11) is 0. The summed E-state index contributed by atoms with van der Waals surface area (Å²) < 4.78 is 0. The van der Waals surface area contributed by atoms with Gasteiger partial charge in [0.1, 0.15) is 0 Å². The maximum absolute atomic E-state index is 12.5. The summed E-state index contributed by atoms with van der Waals surface area (Å²) in [4.78, 5) is 12.5. The SMILES string of the molecule is C[C@@H](NC(=O)NC12CC3CC(CC(C3)C1)C2)c1ccccc1. The van der Waals surface area contributed by atoms with Crippen LogP contribution in [0.3, 0.4) is 0 Å². The van der Waals surface area contributed by atoms with Crippen LogP contribution in [0.25, 0.3) is 0 Å². The molecule has 3 nitrogen and oxygen atoms in total. The van der Waals surface area contributed by atoms with Gasteiger partial charge in [-0.3, -0.25) is 0 Å². The third kappa shape index (κ3) is 2.62. The summed E-state index contributed by atoms with van der Waals surface area (Å²) in [5.74, 6) is 2.58. The van der Waals surface area contributed by atoms with Gasteiger partial charge in [-0.2, -0.15) is 0 Å². The summed E-state index contributed by atoms with van der Waals surface area (Å²) in [5, 5.41) is 6.50. The predicted octanol–water partition coefficient (Wildman–Crippen LogP) is 4.02. The van der Waals surface area contributed by atoms with Crippen LogP contribution in [0.4, 0.5) is 4.79 Å². The fourth-order valence-electron chi connectivity index (χ4n) is 5.56. The number of hydrogen-bond acceptors (Lipinski definition) is 1.